The molecule has 4 heterocycles. The molecule has 1 unspecified atom stereocenters. The van der Waals surface area contributed by atoms with E-state index in [1.54, 1.807) is 25.8 Å². The Morgan fingerprint density at radius 3 is 2.38 bits per heavy atom. The monoisotopic (exact) mass is 918 g/mol. The zero-order valence-electron chi connectivity index (χ0n) is 39.7. The van der Waals surface area contributed by atoms with Crippen molar-refractivity contribution in [2.45, 2.75) is 204 Å². The molecule has 1 aromatic rings. The minimum absolute atomic E-state index is 0.00286. The number of aliphatic hydroxyl groups is 2. The summed E-state index contributed by atoms with van der Waals surface area (Å²) in [5.74, 6) is -1.84. The summed E-state index contributed by atoms with van der Waals surface area (Å²) >= 11 is 0. The van der Waals surface area contributed by atoms with Crippen molar-refractivity contribution in [2.24, 2.45) is 34.5 Å². The van der Waals surface area contributed by atoms with Gasteiger partial charge in [0, 0.05) is 24.7 Å². The van der Waals surface area contributed by atoms with Crippen LogP contribution in [0.5, 0.6) is 0 Å². The zero-order chi connectivity index (χ0) is 46.7. The van der Waals surface area contributed by atoms with Crippen LogP contribution in [0.1, 0.15) is 137 Å². The molecule has 0 aromatic heterocycles. The lowest BCUT2D eigenvalue weighted by Crippen LogP contribution is -2.71. The normalized spacial score (nSPS) is 38.1. The number of aliphatic hydroxyl groups excluding tert-OH is 2. The van der Waals surface area contributed by atoms with Gasteiger partial charge in [-0.1, -0.05) is 49.8 Å². The van der Waals surface area contributed by atoms with Gasteiger partial charge in [0.2, 0.25) is 11.8 Å². The van der Waals surface area contributed by atoms with E-state index in [1.165, 1.54) is 12.5 Å². The molecule has 15 heteroatoms. The van der Waals surface area contributed by atoms with Crippen molar-refractivity contribution in [1.82, 2.24) is 15.7 Å². The minimum Gasteiger partial charge on any atom is -0.460 e. The van der Waals surface area contributed by atoms with E-state index in [9.17, 15) is 24.6 Å². The molecule has 9 aliphatic rings. The number of benzene rings is 1. The number of ether oxygens (including phenoxy) is 5. The first-order chi connectivity index (χ1) is 31.2. The van der Waals surface area contributed by atoms with Crippen molar-refractivity contribution in [2.75, 3.05) is 6.61 Å². The summed E-state index contributed by atoms with van der Waals surface area (Å²) in [6.45, 7) is 13.4. The topological polar surface area (TPSA) is 195 Å². The number of carbonyl (C=O) groups excluding carboxylic acids is 4. The Morgan fingerprint density at radius 2 is 1.71 bits per heavy atom. The predicted octanol–water partition coefficient (Wildman–Crippen LogP) is 5.03. The number of amides is 2. The van der Waals surface area contributed by atoms with Gasteiger partial charge < -0.3 is 44.5 Å². The smallest absolute Gasteiger partial charge is 0.327 e. The number of esters is 2. The number of hydrogen-bond donors (Lipinski definition) is 4. The van der Waals surface area contributed by atoms with Gasteiger partial charge in [-0.3, -0.25) is 24.0 Å². The molecule has 2 amide bonds. The molecule has 0 spiro atoms. The van der Waals surface area contributed by atoms with Crippen LogP contribution in [-0.2, 0) is 54.2 Å². The van der Waals surface area contributed by atoms with Gasteiger partial charge in [-0.2, -0.15) is 5.06 Å². The molecular formula is C51H71N3O12. The number of hydrogen-bond acceptors (Lipinski definition) is 13. The minimum atomic E-state index is -1.59. The molecule has 66 heavy (non-hydrogen) atoms. The molecule has 2 bridgehead atoms. The highest BCUT2D eigenvalue weighted by Gasteiger charge is 2.78. The molecule has 10 rings (SSSR count). The van der Waals surface area contributed by atoms with Gasteiger partial charge in [0.15, 0.2) is 11.8 Å². The molecule has 15 nitrogen and oxygen atoms in total. The van der Waals surface area contributed by atoms with E-state index in [-0.39, 0.29) is 48.7 Å². The van der Waals surface area contributed by atoms with Crippen LogP contribution in [0.15, 0.2) is 29.8 Å². The van der Waals surface area contributed by atoms with E-state index < -0.39 is 95.8 Å². The van der Waals surface area contributed by atoms with Crippen molar-refractivity contribution in [3.63, 3.8) is 0 Å². The molecule has 9 fully saturated rings. The lowest BCUT2D eigenvalue weighted by molar-refractivity contribution is -0.235. The SMILES string of the molecule is C[C@H](O)[C@@H](NC(=O)[C@@]12C[C@H]3OC(=O)[C@@H]1N(Cc1cccc(C=C4CCC5O[C@]5(C)CC[C@@H]5[C@@H]4CC5(C)C)c1)O[C@@H]2[C@H]1OC(C2CC2)(C2CC2)O[C@H]13)C(=O)N[C@H](CO)CCC(=O)OC(C)(C)C. The highest BCUT2D eigenvalue weighted by molar-refractivity contribution is 5.96. The number of allylic oxidation sites excluding steroid dienone is 1. The van der Waals surface area contributed by atoms with Crippen LogP contribution >= 0.6 is 0 Å². The van der Waals surface area contributed by atoms with Crippen molar-refractivity contribution >= 4 is 29.8 Å². The van der Waals surface area contributed by atoms with Crippen LogP contribution in [0.3, 0.4) is 0 Å². The summed E-state index contributed by atoms with van der Waals surface area (Å²) in [6.07, 6.45) is 7.39. The van der Waals surface area contributed by atoms with Crippen molar-refractivity contribution in [1.29, 1.82) is 0 Å². The van der Waals surface area contributed by atoms with Crippen LogP contribution in [0, 0.1) is 34.5 Å². The van der Waals surface area contributed by atoms with Gasteiger partial charge in [0.1, 0.15) is 41.5 Å². The molecule has 5 aliphatic carbocycles. The van der Waals surface area contributed by atoms with Gasteiger partial charge in [-0.25, -0.2) is 0 Å². The highest BCUT2D eigenvalue weighted by Crippen LogP contribution is 2.64. The lowest BCUT2D eigenvalue weighted by atomic mass is 9.52. The fourth-order valence-corrected chi connectivity index (χ4v) is 12.9. The summed E-state index contributed by atoms with van der Waals surface area (Å²) in [6, 6.07) is 4.70. The predicted molar refractivity (Wildman–Crippen MR) is 238 cm³/mol. The first kappa shape index (κ1) is 46.3. The van der Waals surface area contributed by atoms with Crippen LogP contribution in [-0.4, -0.2) is 117 Å². The first-order valence-corrected chi connectivity index (χ1v) is 24.8. The average molecular weight is 918 g/mol. The van der Waals surface area contributed by atoms with Gasteiger partial charge in [-0.05, 0) is 127 Å². The van der Waals surface area contributed by atoms with Crippen molar-refractivity contribution in [3.8, 4) is 0 Å². The number of hydroxylamine groups is 2. The standard InChI is InChI=1S/C51H71N3O12/c1-27(56)39(44(58)52-33(26-55)16-18-38(57)63-47(2,3)4)53-46(60)50-24-36-40-41(65-51(64-40,31-12-13-31)32-14-15-32)43(50)66-54(42(50)45(59)61-36)25-29-10-8-9-28(21-29)22-30-11-17-37-49(7,62-37)20-19-35-34(30)23-48(35,5)6/h8-10,21-22,27,31-37,39-43,55-56H,11-20,23-26H2,1-7H3,(H,52,58)(H,53,60)/t27-,33-,34+,35+,36+,37?,39+,40-,41-,42-,43+,49+,50-/m0/s1. The molecule has 4 N–H and O–H groups in total. The number of rotatable bonds is 14. The van der Waals surface area contributed by atoms with Gasteiger partial charge >= 0.3 is 11.9 Å². The average Bonchev–Trinajstić information content (AvgIpc) is 4.19. The Balaban J connectivity index is 0.925. The molecular weight excluding hydrogens is 847 g/mol. The van der Waals surface area contributed by atoms with Crippen molar-refractivity contribution in [3.05, 3.63) is 41.0 Å². The maximum atomic E-state index is 15.3. The second kappa shape index (κ2) is 16.6. The molecule has 1 aromatic carbocycles. The number of epoxide rings is 1. The third kappa shape index (κ3) is 8.33. The number of fused-ring (bicyclic) bond motifs is 6. The Labute approximate surface area is 388 Å². The van der Waals surface area contributed by atoms with E-state index in [0.717, 1.165) is 68.9 Å². The largest absolute Gasteiger partial charge is 0.460 e. The fraction of sp³-hybridized carbons (Fsp3) is 0.765. The summed E-state index contributed by atoms with van der Waals surface area (Å²) < 4.78 is 31.8. The Kier molecular flexibility index (Phi) is 11.7. The van der Waals surface area contributed by atoms with Gasteiger partial charge in [-0.15, -0.1) is 0 Å². The Hall–Kier alpha value is -3.44. The summed E-state index contributed by atoms with van der Waals surface area (Å²) in [5, 5.41) is 28.3. The van der Waals surface area contributed by atoms with Gasteiger partial charge in [0.25, 0.3) is 0 Å². The second-order valence-corrected chi connectivity index (χ2v) is 23.2. The van der Waals surface area contributed by atoms with E-state index >= 15 is 4.79 Å². The lowest BCUT2D eigenvalue weighted by Gasteiger charge is -2.53. The van der Waals surface area contributed by atoms with Crippen LogP contribution < -0.4 is 10.6 Å². The van der Waals surface area contributed by atoms with Crippen molar-refractivity contribution < 1.29 is 57.9 Å². The van der Waals surface area contributed by atoms with E-state index in [1.807, 2.05) is 12.1 Å². The quantitative estimate of drug-likeness (QED) is 0.144. The van der Waals surface area contributed by atoms with E-state index in [4.69, 9.17) is 28.5 Å². The van der Waals surface area contributed by atoms with Crippen LogP contribution in [0.2, 0.25) is 0 Å². The Morgan fingerprint density at radius 1 is 0.985 bits per heavy atom. The number of nitrogens with one attached hydrogen (secondary N) is 2. The summed E-state index contributed by atoms with van der Waals surface area (Å²) in [7, 11) is 0. The van der Waals surface area contributed by atoms with E-state index in [0.29, 0.717) is 17.9 Å². The first-order valence-electron chi connectivity index (χ1n) is 24.8. The third-order valence-corrected chi connectivity index (χ3v) is 16.7. The molecule has 13 atom stereocenters. The molecule has 4 aliphatic heterocycles. The fourth-order valence-electron chi connectivity index (χ4n) is 12.9. The Bertz CT molecular complexity index is 2120. The summed E-state index contributed by atoms with van der Waals surface area (Å²) in [5.41, 5.74) is 1.39. The third-order valence-electron chi connectivity index (χ3n) is 16.7. The maximum absolute atomic E-state index is 15.3. The second-order valence-electron chi connectivity index (χ2n) is 23.2. The van der Waals surface area contributed by atoms with E-state index in [2.05, 4.69) is 49.6 Å². The highest BCUT2D eigenvalue weighted by atomic mass is 16.8. The maximum Gasteiger partial charge on any atom is 0.327 e. The number of nitrogens with zero attached hydrogens (tertiary/aromatic N) is 1. The molecule has 362 valence electrons. The summed E-state index contributed by atoms with van der Waals surface area (Å²) in [4.78, 5) is 63.1. The number of carbonyl (C=O) groups is 4. The van der Waals surface area contributed by atoms with Gasteiger partial charge in [0.05, 0.1) is 37.0 Å². The zero-order valence-corrected chi connectivity index (χ0v) is 39.7. The molecule has 4 saturated heterocycles. The van der Waals surface area contributed by atoms with Crippen LogP contribution in [0.25, 0.3) is 6.08 Å². The molecule has 5 saturated carbocycles. The molecule has 0 radical (unpaired) electrons. The van der Waals surface area contributed by atoms with Crippen LogP contribution in [0.4, 0.5) is 0 Å².